The Bertz CT molecular complexity index is 991. The molecule has 3 heterocycles. The molecular weight excluding hydrogens is 391 g/mol. The van der Waals surface area contributed by atoms with Crippen LogP contribution in [0.1, 0.15) is 12.2 Å². The molecule has 2 aliphatic rings. The second-order valence-corrected chi connectivity index (χ2v) is 6.70. The molecule has 0 bridgehead atoms. The minimum atomic E-state index is -0.577. The van der Waals surface area contributed by atoms with Gasteiger partial charge in [-0.2, -0.15) is 0 Å². The lowest BCUT2D eigenvalue weighted by molar-refractivity contribution is -0.462. The van der Waals surface area contributed by atoms with Crippen LogP contribution in [-0.4, -0.2) is 47.3 Å². The zero-order chi connectivity index (χ0) is 19.7. The number of nitrogens with zero attached hydrogens (tertiary/aromatic N) is 4. The van der Waals surface area contributed by atoms with E-state index < -0.39 is 16.8 Å². The molecule has 1 unspecified atom stereocenters. The van der Waals surface area contributed by atoms with Crippen molar-refractivity contribution in [1.29, 1.82) is 0 Å². The molecule has 4 rings (SSSR count). The second kappa shape index (κ2) is 7.69. The van der Waals surface area contributed by atoms with Crippen molar-refractivity contribution in [3.63, 3.8) is 0 Å². The highest BCUT2D eigenvalue weighted by Gasteiger charge is 2.24. The Morgan fingerprint density at radius 3 is 2.82 bits per heavy atom. The number of aromatic nitrogens is 2. The molecule has 28 heavy (non-hydrogen) atoms. The monoisotopic (exact) mass is 406 g/mol. The van der Waals surface area contributed by atoms with Crippen molar-refractivity contribution in [3.05, 3.63) is 57.1 Å². The van der Waals surface area contributed by atoms with Gasteiger partial charge in [-0.15, -0.1) is 0 Å². The van der Waals surface area contributed by atoms with E-state index in [4.69, 9.17) is 21.1 Å². The number of morpholine rings is 1. The molecule has 0 spiro atoms. The van der Waals surface area contributed by atoms with Crippen molar-refractivity contribution in [2.45, 2.75) is 12.5 Å². The van der Waals surface area contributed by atoms with Crippen molar-refractivity contribution in [3.8, 4) is 0 Å². The van der Waals surface area contributed by atoms with Crippen LogP contribution in [0.15, 0.2) is 30.2 Å². The van der Waals surface area contributed by atoms with E-state index in [1.54, 1.807) is 18.2 Å². The molecule has 2 aliphatic heterocycles. The fraction of sp³-hybridized carbons (Fsp3) is 0.333. The van der Waals surface area contributed by atoms with Crippen LogP contribution < -0.4 is 4.90 Å². The van der Waals surface area contributed by atoms with E-state index in [0.717, 1.165) is 0 Å². The average Bonchev–Trinajstić information content (AvgIpc) is 3.16. The predicted molar refractivity (Wildman–Crippen MR) is 101 cm³/mol. The minimum Gasteiger partial charge on any atom is -0.433 e. The lowest BCUT2D eigenvalue weighted by Gasteiger charge is -2.29. The Hall–Kier alpha value is -2.78. The number of benzene rings is 1. The van der Waals surface area contributed by atoms with Crippen LogP contribution in [0, 0.1) is 15.9 Å². The average molecular weight is 407 g/mol. The first-order chi connectivity index (χ1) is 13.5. The Labute approximate surface area is 164 Å². The van der Waals surface area contributed by atoms with Gasteiger partial charge in [0.2, 0.25) is 0 Å². The molecule has 2 aromatic rings. The Balaban J connectivity index is 1.58. The molecule has 0 aliphatic carbocycles. The Morgan fingerprint density at radius 2 is 2.11 bits per heavy atom. The number of hydrogen-bond donors (Lipinski definition) is 0. The van der Waals surface area contributed by atoms with Crippen LogP contribution in [0.3, 0.4) is 0 Å². The van der Waals surface area contributed by atoms with Gasteiger partial charge in [-0.1, -0.05) is 11.6 Å². The Morgan fingerprint density at radius 1 is 1.32 bits per heavy atom. The van der Waals surface area contributed by atoms with Gasteiger partial charge >= 0.3 is 5.88 Å². The van der Waals surface area contributed by atoms with Crippen molar-refractivity contribution in [1.82, 2.24) is 9.97 Å². The Kier molecular flexibility index (Phi) is 5.10. The second-order valence-electron chi connectivity index (χ2n) is 6.34. The van der Waals surface area contributed by atoms with Gasteiger partial charge in [-0.05, 0) is 18.2 Å². The standard InChI is InChI=1S/C18H16ClFN4O4/c19-18-12-9-15(23-5-7-27-8-6-23)13(20)10-14(12)21-16(22-18)3-1-11-2-4-17(28-11)24(25)26/h1,3-4,9-11H,2,5-8H2/b3-1+. The van der Waals surface area contributed by atoms with Crippen molar-refractivity contribution in [2.75, 3.05) is 31.2 Å². The summed E-state index contributed by atoms with van der Waals surface area (Å²) in [5.74, 6) is -0.392. The summed E-state index contributed by atoms with van der Waals surface area (Å²) in [6.45, 7) is 2.29. The summed E-state index contributed by atoms with van der Waals surface area (Å²) in [7, 11) is 0. The number of fused-ring (bicyclic) bond motifs is 1. The molecule has 8 nitrogen and oxygen atoms in total. The molecule has 0 radical (unpaired) electrons. The lowest BCUT2D eigenvalue weighted by Crippen LogP contribution is -2.36. The van der Waals surface area contributed by atoms with Crippen molar-refractivity contribution < 1.29 is 18.8 Å². The third-order valence-corrected chi connectivity index (χ3v) is 4.81. The van der Waals surface area contributed by atoms with Crippen LogP contribution >= 0.6 is 11.6 Å². The van der Waals surface area contributed by atoms with Crippen LogP contribution in [0.5, 0.6) is 0 Å². The molecule has 0 N–H and O–H groups in total. The molecule has 10 heteroatoms. The smallest absolute Gasteiger partial charge is 0.424 e. The van der Waals surface area contributed by atoms with Crippen LogP contribution in [0.4, 0.5) is 10.1 Å². The summed E-state index contributed by atoms with van der Waals surface area (Å²) < 4.78 is 25.1. The zero-order valence-electron chi connectivity index (χ0n) is 14.7. The molecule has 1 aromatic carbocycles. The van der Waals surface area contributed by atoms with E-state index >= 15 is 0 Å². The third-order valence-electron chi connectivity index (χ3n) is 4.52. The number of halogens is 2. The number of anilines is 1. The van der Waals surface area contributed by atoms with Crippen molar-refractivity contribution in [2.24, 2.45) is 0 Å². The maximum absolute atomic E-state index is 14.6. The molecule has 0 saturated carbocycles. The largest absolute Gasteiger partial charge is 0.433 e. The maximum atomic E-state index is 14.6. The predicted octanol–water partition coefficient (Wildman–Crippen LogP) is 3.18. The van der Waals surface area contributed by atoms with Crippen molar-refractivity contribution >= 4 is 34.3 Å². The molecule has 146 valence electrons. The molecule has 1 fully saturated rings. The molecular formula is C18H16ClFN4O4. The highest BCUT2D eigenvalue weighted by atomic mass is 35.5. The van der Waals surface area contributed by atoms with E-state index in [9.17, 15) is 14.5 Å². The maximum Gasteiger partial charge on any atom is 0.424 e. The normalized spacial score (nSPS) is 19.9. The lowest BCUT2D eigenvalue weighted by atomic mass is 10.2. The van der Waals surface area contributed by atoms with Crippen LogP contribution in [0.2, 0.25) is 5.15 Å². The van der Waals surface area contributed by atoms with Gasteiger partial charge in [0, 0.05) is 37.0 Å². The molecule has 1 aromatic heterocycles. The highest BCUT2D eigenvalue weighted by molar-refractivity contribution is 6.34. The van der Waals surface area contributed by atoms with Gasteiger partial charge in [-0.3, -0.25) is 10.1 Å². The van der Waals surface area contributed by atoms with E-state index in [1.807, 2.05) is 4.90 Å². The fourth-order valence-electron chi connectivity index (χ4n) is 3.14. The summed E-state index contributed by atoms with van der Waals surface area (Å²) in [6.07, 6.45) is 4.49. The first kappa shape index (κ1) is 18.6. The molecule has 1 saturated heterocycles. The van der Waals surface area contributed by atoms with E-state index in [2.05, 4.69) is 9.97 Å². The van der Waals surface area contributed by atoms with E-state index in [-0.39, 0.29) is 16.9 Å². The summed E-state index contributed by atoms with van der Waals surface area (Å²) in [5.41, 5.74) is 0.827. The minimum absolute atomic E-state index is 0.204. The van der Waals surface area contributed by atoms with Gasteiger partial charge in [-0.25, -0.2) is 14.4 Å². The van der Waals surface area contributed by atoms with Gasteiger partial charge in [0.15, 0.2) is 5.82 Å². The third kappa shape index (κ3) is 3.76. The summed E-state index contributed by atoms with van der Waals surface area (Å²) >= 11 is 6.30. The molecule has 1 atom stereocenters. The first-order valence-corrected chi connectivity index (χ1v) is 9.08. The number of hydrogen-bond acceptors (Lipinski definition) is 7. The summed E-state index contributed by atoms with van der Waals surface area (Å²) in [4.78, 5) is 20.6. The van der Waals surface area contributed by atoms with Gasteiger partial charge < -0.3 is 14.4 Å². The quantitative estimate of drug-likeness (QED) is 0.437. The summed E-state index contributed by atoms with van der Waals surface area (Å²) in [5, 5.41) is 11.4. The van der Waals surface area contributed by atoms with Gasteiger partial charge in [0.1, 0.15) is 22.0 Å². The zero-order valence-corrected chi connectivity index (χ0v) is 15.4. The highest BCUT2D eigenvalue weighted by Crippen LogP contribution is 2.29. The van der Waals surface area contributed by atoms with E-state index in [1.165, 1.54) is 12.1 Å². The SMILES string of the molecule is O=[N+]([O-])C1=CCC(/C=C/c2nc(Cl)c3cc(N4CCOCC4)c(F)cc3n2)O1. The van der Waals surface area contributed by atoms with E-state index in [0.29, 0.717) is 49.3 Å². The van der Waals surface area contributed by atoms with Gasteiger partial charge in [0.25, 0.3) is 0 Å². The molecule has 0 amide bonds. The number of ether oxygens (including phenoxy) is 2. The fourth-order valence-corrected chi connectivity index (χ4v) is 3.37. The van der Waals surface area contributed by atoms with Crippen LogP contribution in [0.25, 0.3) is 17.0 Å². The first-order valence-electron chi connectivity index (χ1n) is 8.70. The van der Waals surface area contributed by atoms with Crippen LogP contribution in [-0.2, 0) is 9.47 Å². The topological polar surface area (TPSA) is 90.6 Å². The number of rotatable bonds is 4. The summed E-state index contributed by atoms with van der Waals surface area (Å²) in [6, 6.07) is 2.99. The van der Waals surface area contributed by atoms with Gasteiger partial charge in [0.05, 0.1) is 24.4 Å². The number of nitro groups is 1.